The number of esters is 1. The van der Waals surface area contributed by atoms with E-state index in [-0.39, 0.29) is 12.3 Å². The number of aldehydes is 1. The molecule has 0 unspecified atom stereocenters. The average molecular weight is 297 g/mol. The fourth-order valence-electron chi connectivity index (χ4n) is 1.50. The van der Waals surface area contributed by atoms with Crippen molar-refractivity contribution in [3.05, 3.63) is 34.2 Å². The Bertz CT molecular complexity index is 592. The molecule has 2 aromatic rings. The Hall–Kier alpha value is -1.69. The molecule has 0 bridgehead atoms. The molecule has 0 saturated heterocycles. The zero-order chi connectivity index (χ0) is 12.4. The van der Waals surface area contributed by atoms with Gasteiger partial charge in [0, 0.05) is 0 Å². The Kier molecular flexibility index (Phi) is 3.23. The summed E-state index contributed by atoms with van der Waals surface area (Å²) in [7, 11) is 0. The van der Waals surface area contributed by atoms with Gasteiger partial charge in [-0.2, -0.15) is 0 Å². The number of carbonyl (C=O) groups excluding carboxylic acids is 2. The van der Waals surface area contributed by atoms with E-state index in [0.717, 1.165) is 0 Å². The van der Waals surface area contributed by atoms with Crippen LogP contribution in [-0.2, 0) is 4.74 Å². The molecule has 0 saturated carbocycles. The maximum atomic E-state index is 11.6. The molecule has 0 aromatic carbocycles. The van der Waals surface area contributed by atoms with Gasteiger partial charge in [-0.1, -0.05) is 6.07 Å². The van der Waals surface area contributed by atoms with Gasteiger partial charge in [-0.3, -0.25) is 9.20 Å². The first-order chi connectivity index (χ1) is 8.19. The second-order valence-corrected chi connectivity index (χ2v) is 3.98. The molecule has 0 radical (unpaired) electrons. The van der Waals surface area contributed by atoms with Crippen LogP contribution in [-0.4, -0.2) is 28.2 Å². The molecular weight excluding hydrogens is 288 g/mol. The van der Waals surface area contributed by atoms with Gasteiger partial charge in [-0.15, -0.1) is 0 Å². The number of halogens is 1. The third kappa shape index (κ3) is 1.95. The van der Waals surface area contributed by atoms with Crippen LogP contribution in [0.3, 0.4) is 0 Å². The molecule has 2 heterocycles. The van der Waals surface area contributed by atoms with Crippen LogP contribution in [0.5, 0.6) is 0 Å². The Morgan fingerprint density at radius 3 is 3.00 bits per heavy atom. The molecule has 0 amide bonds. The normalized spacial score (nSPS) is 10.5. The first kappa shape index (κ1) is 11.8. The first-order valence-corrected chi connectivity index (χ1v) is 5.77. The predicted octanol–water partition coefficient (Wildman–Crippen LogP) is 2.09. The number of aromatic nitrogens is 2. The van der Waals surface area contributed by atoms with Crippen LogP contribution in [0.25, 0.3) is 5.65 Å². The third-order valence-corrected chi connectivity index (χ3v) is 2.94. The second-order valence-electron chi connectivity index (χ2n) is 3.23. The van der Waals surface area contributed by atoms with E-state index in [1.54, 1.807) is 29.5 Å². The minimum atomic E-state index is -0.514. The number of nitrogens with zero attached hydrogens (tertiary/aromatic N) is 2. The summed E-state index contributed by atoms with van der Waals surface area (Å²) in [5, 5.41) is 0. The van der Waals surface area contributed by atoms with Gasteiger partial charge in [-0.05, 0) is 35.0 Å². The largest absolute Gasteiger partial charge is 0.461 e. The molecular formula is C11H9BrN2O3. The molecule has 88 valence electrons. The van der Waals surface area contributed by atoms with Gasteiger partial charge in [0.15, 0.2) is 12.0 Å². The topological polar surface area (TPSA) is 60.7 Å². The molecule has 17 heavy (non-hydrogen) atoms. The molecule has 0 N–H and O–H groups in total. The predicted molar refractivity (Wildman–Crippen MR) is 64.2 cm³/mol. The van der Waals surface area contributed by atoms with E-state index in [1.807, 2.05) is 0 Å². The Balaban J connectivity index is 2.65. The quantitative estimate of drug-likeness (QED) is 0.643. The van der Waals surface area contributed by atoms with E-state index in [1.165, 1.54) is 0 Å². The van der Waals surface area contributed by atoms with Crippen molar-refractivity contribution in [3.63, 3.8) is 0 Å². The van der Waals surface area contributed by atoms with Gasteiger partial charge in [0.05, 0.1) is 12.3 Å². The molecule has 0 spiro atoms. The summed E-state index contributed by atoms with van der Waals surface area (Å²) >= 11 is 3.25. The lowest BCUT2D eigenvalue weighted by Crippen LogP contribution is -2.06. The summed E-state index contributed by atoms with van der Waals surface area (Å²) in [6, 6.07) is 5.05. The lowest BCUT2D eigenvalue weighted by Gasteiger charge is -1.99. The van der Waals surface area contributed by atoms with Crippen molar-refractivity contribution < 1.29 is 14.3 Å². The smallest absolute Gasteiger partial charge is 0.359 e. The number of carbonyl (C=O) groups is 2. The van der Waals surface area contributed by atoms with Gasteiger partial charge in [0.25, 0.3) is 0 Å². The lowest BCUT2D eigenvalue weighted by atomic mass is 10.3. The van der Waals surface area contributed by atoms with E-state index in [4.69, 9.17) is 4.74 Å². The number of imidazole rings is 1. The SMILES string of the molecule is CCOC(=O)c1nc2cccc(C=O)n2c1Br. The molecule has 0 aliphatic carbocycles. The fraction of sp³-hybridized carbons (Fsp3) is 0.182. The minimum absolute atomic E-state index is 0.168. The molecule has 2 rings (SSSR count). The number of ether oxygens (including phenoxy) is 1. The summed E-state index contributed by atoms with van der Waals surface area (Å²) in [4.78, 5) is 26.6. The zero-order valence-electron chi connectivity index (χ0n) is 9.01. The van der Waals surface area contributed by atoms with E-state index < -0.39 is 5.97 Å². The van der Waals surface area contributed by atoms with Gasteiger partial charge >= 0.3 is 5.97 Å². The van der Waals surface area contributed by atoms with Crippen LogP contribution in [0.4, 0.5) is 0 Å². The number of fused-ring (bicyclic) bond motifs is 1. The van der Waals surface area contributed by atoms with Crippen molar-refractivity contribution >= 4 is 33.8 Å². The van der Waals surface area contributed by atoms with E-state index in [2.05, 4.69) is 20.9 Å². The van der Waals surface area contributed by atoms with Crippen molar-refractivity contribution in [3.8, 4) is 0 Å². The molecule has 0 aliphatic heterocycles. The van der Waals surface area contributed by atoms with Gasteiger partial charge < -0.3 is 4.74 Å². The highest BCUT2D eigenvalue weighted by molar-refractivity contribution is 9.10. The first-order valence-electron chi connectivity index (χ1n) is 4.98. The number of pyridine rings is 1. The Morgan fingerprint density at radius 2 is 2.35 bits per heavy atom. The van der Waals surface area contributed by atoms with Gasteiger partial charge in [-0.25, -0.2) is 9.78 Å². The molecule has 2 aromatic heterocycles. The Labute approximate surface area is 106 Å². The highest BCUT2D eigenvalue weighted by atomic mass is 79.9. The van der Waals surface area contributed by atoms with Crippen molar-refractivity contribution in [2.24, 2.45) is 0 Å². The van der Waals surface area contributed by atoms with Crippen LogP contribution >= 0.6 is 15.9 Å². The van der Waals surface area contributed by atoms with Crippen LogP contribution in [0.2, 0.25) is 0 Å². The zero-order valence-corrected chi connectivity index (χ0v) is 10.6. The maximum Gasteiger partial charge on any atom is 0.359 e. The van der Waals surface area contributed by atoms with Crippen molar-refractivity contribution in [1.29, 1.82) is 0 Å². The van der Waals surface area contributed by atoms with E-state index in [0.29, 0.717) is 22.2 Å². The van der Waals surface area contributed by atoms with E-state index in [9.17, 15) is 9.59 Å². The fourth-order valence-corrected chi connectivity index (χ4v) is 2.14. The summed E-state index contributed by atoms with van der Waals surface area (Å²) in [5.74, 6) is -0.514. The standard InChI is InChI=1S/C11H9BrN2O3/c1-2-17-11(16)9-10(12)14-7(6-15)4-3-5-8(14)13-9/h3-6H,2H2,1H3. The summed E-state index contributed by atoms with van der Waals surface area (Å²) in [5.41, 5.74) is 1.10. The number of hydrogen-bond acceptors (Lipinski definition) is 4. The second kappa shape index (κ2) is 4.67. The van der Waals surface area contributed by atoms with Crippen LogP contribution in [0.1, 0.15) is 27.9 Å². The maximum absolute atomic E-state index is 11.6. The molecule has 6 heteroatoms. The summed E-state index contributed by atoms with van der Waals surface area (Å²) < 4.78 is 6.86. The highest BCUT2D eigenvalue weighted by Crippen LogP contribution is 2.21. The van der Waals surface area contributed by atoms with Crippen LogP contribution < -0.4 is 0 Å². The van der Waals surface area contributed by atoms with Gasteiger partial charge in [0.2, 0.25) is 0 Å². The summed E-state index contributed by atoms with van der Waals surface area (Å²) in [6.07, 6.45) is 0.703. The van der Waals surface area contributed by atoms with E-state index >= 15 is 0 Å². The highest BCUT2D eigenvalue weighted by Gasteiger charge is 2.19. The Morgan fingerprint density at radius 1 is 1.59 bits per heavy atom. The molecule has 0 aliphatic rings. The lowest BCUT2D eigenvalue weighted by molar-refractivity contribution is 0.0519. The summed E-state index contributed by atoms with van der Waals surface area (Å²) in [6.45, 7) is 2.00. The molecule has 0 fully saturated rings. The van der Waals surface area contributed by atoms with Crippen LogP contribution in [0, 0.1) is 0 Å². The average Bonchev–Trinajstić information content (AvgIpc) is 2.67. The van der Waals surface area contributed by atoms with Crippen LogP contribution in [0.15, 0.2) is 22.8 Å². The third-order valence-electron chi connectivity index (χ3n) is 2.21. The molecule has 0 atom stereocenters. The van der Waals surface area contributed by atoms with Crippen molar-refractivity contribution in [2.45, 2.75) is 6.92 Å². The van der Waals surface area contributed by atoms with Gasteiger partial charge in [0.1, 0.15) is 10.3 Å². The van der Waals surface area contributed by atoms with Crippen molar-refractivity contribution in [2.75, 3.05) is 6.61 Å². The monoisotopic (exact) mass is 296 g/mol. The minimum Gasteiger partial charge on any atom is -0.461 e. The van der Waals surface area contributed by atoms with Crippen molar-refractivity contribution in [1.82, 2.24) is 9.38 Å². The number of rotatable bonds is 3. The number of hydrogen-bond donors (Lipinski definition) is 0. The molecule has 5 nitrogen and oxygen atoms in total.